The highest BCUT2D eigenvalue weighted by Gasteiger charge is 2.48. The molecule has 0 bridgehead atoms. The van der Waals surface area contributed by atoms with E-state index in [0.29, 0.717) is 35.6 Å². The lowest BCUT2D eigenvalue weighted by molar-refractivity contribution is 0.0820. The minimum atomic E-state index is -0.930. The van der Waals surface area contributed by atoms with Gasteiger partial charge in [0.25, 0.3) is 5.91 Å². The highest BCUT2D eigenvalue weighted by Crippen LogP contribution is 2.49. The van der Waals surface area contributed by atoms with E-state index in [0.717, 1.165) is 24.2 Å². The van der Waals surface area contributed by atoms with Gasteiger partial charge >= 0.3 is 0 Å². The summed E-state index contributed by atoms with van der Waals surface area (Å²) in [6.45, 7) is 0. The number of Topliss-reactive ketones (excluding diaryl/α,β-unsaturated/α-hetero) is 1. The Morgan fingerprint density at radius 1 is 1.50 bits per heavy atom. The smallest absolute Gasteiger partial charge is 0.251 e. The highest BCUT2D eigenvalue weighted by atomic mass is 32.1. The molecule has 1 saturated carbocycles. The lowest BCUT2D eigenvalue weighted by atomic mass is 9.70. The number of anilines is 1. The minimum Gasteiger partial charge on any atom is -0.390 e. The monoisotopic (exact) mass is 289 g/mol. The summed E-state index contributed by atoms with van der Waals surface area (Å²) < 4.78 is 0. The molecular weight excluding hydrogens is 274 g/mol. The second-order valence-corrected chi connectivity index (χ2v) is 6.74. The molecule has 5 nitrogen and oxygen atoms in total. The lowest BCUT2D eigenvalue weighted by Gasteiger charge is -2.29. The van der Waals surface area contributed by atoms with Crippen LogP contribution in [0.3, 0.4) is 0 Å². The maximum atomic E-state index is 12.7. The summed E-state index contributed by atoms with van der Waals surface area (Å²) >= 11 is 1.09. The highest BCUT2D eigenvalue weighted by molar-refractivity contribution is 7.18. The van der Waals surface area contributed by atoms with Crippen LogP contribution in [-0.4, -0.2) is 11.7 Å². The molecule has 1 aromatic heterocycles. The number of amides is 1. The Balaban J connectivity index is 2.05. The van der Waals surface area contributed by atoms with E-state index >= 15 is 0 Å². The van der Waals surface area contributed by atoms with Crippen LogP contribution in [-0.2, 0) is 6.42 Å². The molecule has 1 atom stereocenters. The van der Waals surface area contributed by atoms with Crippen LogP contribution in [0.15, 0.2) is 0 Å². The number of hydrogen-bond acceptors (Lipinski definition) is 5. The maximum absolute atomic E-state index is 12.7. The van der Waals surface area contributed by atoms with Gasteiger partial charge in [-0.25, -0.2) is 0 Å². The third-order valence-electron chi connectivity index (χ3n) is 4.27. The number of nitrogens with zero attached hydrogens (tertiary/aromatic N) is 1. The van der Waals surface area contributed by atoms with Gasteiger partial charge in [0.2, 0.25) is 0 Å². The molecule has 1 aromatic rings. The van der Waals surface area contributed by atoms with Crippen molar-refractivity contribution in [2.24, 2.45) is 17.1 Å². The van der Waals surface area contributed by atoms with Gasteiger partial charge in [0.15, 0.2) is 5.78 Å². The van der Waals surface area contributed by atoms with E-state index in [-0.39, 0.29) is 16.3 Å². The first-order valence-electron chi connectivity index (χ1n) is 6.65. The predicted octanol–water partition coefficient (Wildman–Crippen LogP) is 1.87. The number of nitrogens with two attached hydrogens (primary N) is 2. The molecule has 4 N–H and O–H groups in total. The fourth-order valence-electron chi connectivity index (χ4n) is 3.01. The second-order valence-electron chi connectivity index (χ2n) is 5.68. The van der Waals surface area contributed by atoms with E-state index in [9.17, 15) is 14.9 Å². The molecule has 2 aliphatic carbocycles. The lowest BCUT2D eigenvalue weighted by Crippen LogP contribution is -2.35. The Morgan fingerprint density at radius 2 is 2.20 bits per heavy atom. The fraction of sp³-hybridized carbons (Fsp3) is 0.500. The van der Waals surface area contributed by atoms with Gasteiger partial charge < -0.3 is 11.5 Å². The molecule has 0 radical (unpaired) electrons. The third kappa shape index (κ3) is 1.81. The molecule has 104 valence electrons. The van der Waals surface area contributed by atoms with Crippen LogP contribution in [0.2, 0.25) is 0 Å². The number of nitriles is 1. The molecule has 1 amide bonds. The standard InChI is InChI=1S/C14H15N3O2S/c15-6-14(5-7-1-2-7)4-3-8-9(12(16)19)13(17)20-10(8)11(14)18/h7H,1-5,17H2,(H2,16,19). The Hall–Kier alpha value is -1.87. The van der Waals surface area contributed by atoms with Crippen LogP contribution in [0.1, 0.15) is 51.3 Å². The molecule has 6 heteroatoms. The van der Waals surface area contributed by atoms with Gasteiger partial charge in [-0.3, -0.25) is 9.59 Å². The summed E-state index contributed by atoms with van der Waals surface area (Å²) in [7, 11) is 0. The molecule has 1 heterocycles. The summed E-state index contributed by atoms with van der Waals surface area (Å²) in [6.07, 6.45) is 3.81. The number of ketones is 1. The van der Waals surface area contributed by atoms with Crippen molar-refractivity contribution in [2.75, 3.05) is 5.73 Å². The average molecular weight is 289 g/mol. The number of fused-ring (bicyclic) bond motifs is 1. The first kappa shape index (κ1) is 13.1. The van der Waals surface area contributed by atoms with Crippen molar-refractivity contribution in [1.29, 1.82) is 5.26 Å². The number of carbonyl (C=O) groups is 2. The summed E-state index contributed by atoms with van der Waals surface area (Å²) in [5.74, 6) is -0.273. The van der Waals surface area contributed by atoms with Crippen LogP contribution in [0.5, 0.6) is 0 Å². The van der Waals surface area contributed by atoms with Crippen LogP contribution < -0.4 is 11.5 Å². The van der Waals surface area contributed by atoms with Gasteiger partial charge in [0, 0.05) is 0 Å². The van der Waals surface area contributed by atoms with Gasteiger partial charge in [-0.1, -0.05) is 12.8 Å². The minimum absolute atomic E-state index is 0.169. The summed E-state index contributed by atoms with van der Waals surface area (Å²) in [5.41, 5.74) is 11.1. The Morgan fingerprint density at radius 3 is 2.75 bits per heavy atom. The second kappa shape index (κ2) is 4.32. The van der Waals surface area contributed by atoms with Crippen molar-refractivity contribution in [3.63, 3.8) is 0 Å². The van der Waals surface area contributed by atoms with E-state index in [1.807, 2.05) is 0 Å². The Kier molecular flexibility index (Phi) is 2.83. The number of primary amides is 1. The molecule has 0 aliphatic heterocycles. The zero-order chi connectivity index (χ0) is 14.5. The molecule has 20 heavy (non-hydrogen) atoms. The SMILES string of the molecule is N#CC1(CC2CC2)CCc2c(sc(N)c2C(N)=O)C1=O. The fourth-order valence-corrected chi connectivity index (χ4v) is 4.17. The number of rotatable bonds is 3. The van der Waals surface area contributed by atoms with E-state index in [1.54, 1.807) is 0 Å². The van der Waals surface area contributed by atoms with Crippen molar-refractivity contribution in [1.82, 2.24) is 0 Å². The summed E-state index contributed by atoms with van der Waals surface area (Å²) in [5, 5.41) is 9.80. The Bertz CT molecular complexity index is 654. The molecule has 2 aliphatic rings. The molecule has 3 rings (SSSR count). The van der Waals surface area contributed by atoms with E-state index in [4.69, 9.17) is 11.5 Å². The van der Waals surface area contributed by atoms with Gasteiger partial charge in [0.1, 0.15) is 5.41 Å². The van der Waals surface area contributed by atoms with Crippen LogP contribution >= 0.6 is 11.3 Å². The van der Waals surface area contributed by atoms with E-state index in [2.05, 4.69) is 6.07 Å². The van der Waals surface area contributed by atoms with Crippen LogP contribution in [0.25, 0.3) is 0 Å². The third-order valence-corrected chi connectivity index (χ3v) is 5.33. The molecule has 1 fully saturated rings. The quantitative estimate of drug-likeness (QED) is 0.884. The van der Waals surface area contributed by atoms with Crippen molar-refractivity contribution >= 4 is 28.0 Å². The van der Waals surface area contributed by atoms with E-state index < -0.39 is 11.3 Å². The topological polar surface area (TPSA) is 110 Å². The zero-order valence-corrected chi connectivity index (χ0v) is 11.8. The molecular formula is C14H15N3O2S. The summed E-state index contributed by atoms with van der Waals surface area (Å²) in [4.78, 5) is 24.6. The van der Waals surface area contributed by atoms with Crippen molar-refractivity contribution < 1.29 is 9.59 Å². The van der Waals surface area contributed by atoms with Crippen molar-refractivity contribution in [3.05, 3.63) is 16.0 Å². The number of thiophene rings is 1. The molecule has 0 aromatic carbocycles. The van der Waals surface area contributed by atoms with Crippen LogP contribution in [0, 0.1) is 22.7 Å². The van der Waals surface area contributed by atoms with Gasteiger partial charge in [0.05, 0.1) is 21.5 Å². The number of hydrogen-bond donors (Lipinski definition) is 2. The Labute approximate surface area is 120 Å². The summed E-state index contributed by atoms with van der Waals surface area (Å²) in [6, 6.07) is 2.24. The maximum Gasteiger partial charge on any atom is 0.251 e. The van der Waals surface area contributed by atoms with Crippen molar-refractivity contribution in [2.45, 2.75) is 32.1 Å². The first-order valence-corrected chi connectivity index (χ1v) is 7.47. The van der Waals surface area contributed by atoms with Crippen molar-refractivity contribution in [3.8, 4) is 6.07 Å². The molecule has 0 saturated heterocycles. The first-order chi connectivity index (χ1) is 9.48. The normalized spacial score (nSPS) is 25.1. The van der Waals surface area contributed by atoms with Gasteiger partial charge in [-0.05, 0) is 30.7 Å². The average Bonchev–Trinajstić information content (AvgIpc) is 3.14. The molecule has 0 spiro atoms. The molecule has 1 unspecified atom stereocenters. The zero-order valence-electron chi connectivity index (χ0n) is 10.9. The van der Waals surface area contributed by atoms with Gasteiger partial charge in [-0.15, -0.1) is 11.3 Å². The van der Waals surface area contributed by atoms with Gasteiger partial charge in [-0.2, -0.15) is 5.26 Å². The largest absolute Gasteiger partial charge is 0.390 e. The van der Waals surface area contributed by atoms with E-state index in [1.165, 1.54) is 0 Å². The number of carbonyl (C=O) groups excluding carboxylic acids is 2. The predicted molar refractivity (Wildman–Crippen MR) is 75.3 cm³/mol. The number of nitrogen functional groups attached to an aromatic ring is 1. The van der Waals surface area contributed by atoms with Crippen LogP contribution in [0.4, 0.5) is 5.00 Å².